The molecule has 2 aromatic rings. The van der Waals surface area contributed by atoms with Crippen LogP contribution in [0.5, 0.6) is 11.5 Å². The molecule has 7 nitrogen and oxygen atoms in total. The first-order valence-corrected chi connectivity index (χ1v) is 9.82. The Balaban J connectivity index is 1.79. The quantitative estimate of drug-likeness (QED) is 0.769. The summed E-state index contributed by atoms with van der Waals surface area (Å²) in [6, 6.07) is 7.92. The maximum Gasteiger partial charge on any atom is 0.326 e. The minimum Gasteiger partial charge on any atom is -0.490 e. The number of likely N-dealkylation sites (tertiary alicyclic amines) is 1. The monoisotopic (exact) mass is 398 g/mol. The predicted octanol–water partition coefficient (Wildman–Crippen LogP) is 3.38. The van der Waals surface area contributed by atoms with E-state index >= 15 is 0 Å². The zero-order chi connectivity index (χ0) is 20.8. The molecule has 1 aliphatic heterocycles. The number of carbonyl (C=O) groups excluding carboxylic acids is 1. The molecule has 2 heterocycles. The van der Waals surface area contributed by atoms with Crippen LogP contribution in [0.2, 0.25) is 0 Å². The molecule has 154 valence electrons. The number of pyridine rings is 1. The smallest absolute Gasteiger partial charge is 0.326 e. The summed E-state index contributed by atoms with van der Waals surface area (Å²) in [5.74, 6) is -0.00777. The topological polar surface area (TPSA) is 89.0 Å². The van der Waals surface area contributed by atoms with Crippen molar-refractivity contribution in [3.63, 3.8) is 0 Å². The summed E-state index contributed by atoms with van der Waals surface area (Å²) in [5.41, 5.74) is 1.31. The Morgan fingerprint density at radius 3 is 2.76 bits per heavy atom. The zero-order valence-electron chi connectivity index (χ0n) is 16.7. The number of nitrogens with zero attached hydrogens (tertiary/aromatic N) is 2. The lowest BCUT2D eigenvalue weighted by molar-refractivity contribution is -0.144. The molecule has 1 aliphatic rings. The first-order chi connectivity index (χ1) is 14.0. The second-order valence-corrected chi connectivity index (χ2v) is 7.23. The van der Waals surface area contributed by atoms with E-state index < -0.39 is 12.0 Å². The van der Waals surface area contributed by atoms with Gasteiger partial charge in [-0.05, 0) is 49.9 Å². The summed E-state index contributed by atoms with van der Waals surface area (Å²) in [5, 5.41) is 9.54. The fourth-order valence-corrected chi connectivity index (χ4v) is 3.46. The number of amides is 1. The molecule has 1 saturated heterocycles. The lowest BCUT2D eigenvalue weighted by atomic mass is 9.92. The lowest BCUT2D eigenvalue weighted by Crippen LogP contribution is -2.49. The third-order valence-corrected chi connectivity index (χ3v) is 5.02. The van der Waals surface area contributed by atoms with Gasteiger partial charge in [0.25, 0.3) is 5.91 Å². The third-order valence-electron chi connectivity index (χ3n) is 5.02. The highest BCUT2D eigenvalue weighted by molar-refractivity contribution is 5.97. The molecule has 1 aromatic heterocycles. The second kappa shape index (κ2) is 9.41. The van der Waals surface area contributed by atoms with Gasteiger partial charge in [-0.2, -0.15) is 0 Å². The highest BCUT2D eigenvalue weighted by Gasteiger charge is 2.35. The van der Waals surface area contributed by atoms with E-state index in [1.54, 1.807) is 30.6 Å². The maximum absolute atomic E-state index is 13.0. The second-order valence-electron chi connectivity index (χ2n) is 7.23. The molecule has 2 unspecified atom stereocenters. The standard InChI is InChI=1S/C22H26N2O5/c1-3-28-20-12-17(6-7-19(20)29-14-16-5-4-9-23-13-16)21(25)24-10-8-15(2)11-18(24)22(26)27/h4-7,9,12-13,15,18H,3,8,10-11,14H2,1-2H3,(H,26,27). The van der Waals surface area contributed by atoms with E-state index in [4.69, 9.17) is 9.47 Å². The highest BCUT2D eigenvalue weighted by Crippen LogP contribution is 2.31. The molecule has 1 N–H and O–H groups in total. The number of carboxylic acids is 1. The summed E-state index contributed by atoms with van der Waals surface area (Å²) in [6.45, 7) is 5.04. The molecule has 1 amide bonds. The summed E-state index contributed by atoms with van der Waals surface area (Å²) >= 11 is 0. The Hall–Kier alpha value is -3.09. The average molecular weight is 398 g/mol. The molecule has 0 bridgehead atoms. The van der Waals surface area contributed by atoms with Crippen LogP contribution in [0.3, 0.4) is 0 Å². The molecule has 1 fully saturated rings. The normalized spacial score (nSPS) is 18.9. The molecule has 0 spiro atoms. The van der Waals surface area contributed by atoms with E-state index in [-0.39, 0.29) is 11.8 Å². The van der Waals surface area contributed by atoms with Crippen LogP contribution < -0.4 is 9.47 Å². The van der Waals surface area contributed by atoms with Crippen molar-refractivity contribution in [1.29, 1.82) is 0 Å². The van der Waals surface area contributed by atoms with Crippen LogP contribution in [0.1, 0.15) is 42.6 Å². The molecule has 29 heavy (non-hydrogen) atoms. The van der Waals surface area contributed by atoms with Crippen LogP contribution in [-0.4, -0.2) is 46.1 Å². The van der Waals surface area contributed by atoms with Crippen LogP contribution in [0.25, 0.3) is 0 Å². The Morgan fingerprint density at radius 2 is 2.07 bits per heavy atom. The van der Waals surface area contributed by atoms with Crippen molar-refractivity contribution >= 4 is 11.9 Å². The molecule has 7 heteroatoms. The predicted molar refractivity (Wildman–Crippen MR) is 107 cm³/mol. The highest BCUT2D eigenvalue weighted by atomic mass is 16.5. The largest absolute Gasteiger partial charge is 0.490 e. The fraction of sp³-hybridized carbons (Fsp3) is 0.409. The van der Waals surface area contributed by atoms with E-state index in [1.165, 1.54) is 4.90 Å². The Bertz CT molecular complexity index is 856. The van der Waals surface area contributed by atoms with Crippen molar-refractivity contribution in [3.05, 3.63) is 53.9 Å². The Labute approximate surface area is 170 Å². The molecule has 0 radical (unpaired) electrons. The van der Waals surface area contributed by atoms with Gasteiger partial charge in [0.2, 0.25) is 0 Å². The number of aliphatic carboxylic acids is 1. The van der Waals surface area contributed by atoms with Gasteiger partial charge in [-0.15, -0.1) is 0 Å². The lowest BCUT2D eigenvalue weighted by Gasteiger charge is -2.36. The number of rotatable bonds is 7. The summed E-state index contributed by atoms with van der Waals surface area (Å²) in [7, 11) is 0. The van der Waals surface area contributed by atoms with Gasteiger partial charge in [-0.3, -0.25) is 9.78 Å². The molecule has 2 atom stereocenters. The van der Waals surface area contributed by atoms with Crippen molar-refractivity contribution < 1.29 is 24.2 Å². The van der Waals surface area contributed by atoms with Gasteiger partial charge in [-0.25, -0.2) is 4.79 Å². The number of ether oxygens (including phenoxy) is 2. The van der Waals surface area contributed by atoms with Crippen molar-refractivity contribution in [3.8, 4) is 11.5 Å². The maximum atomic E-state index is 13.0. The molecule has 0 aliphatic carbocycles. The van der Waals surface area contributed by atoms with Crippen molar-refractivity contribution in [1.82, 2.24) is 9.88 Å². The number of carboxylic acid groups (broad SMARTS) is 1. The zero-order valence-corrected chi connectivity index (χ0v) is 16.7. The summed E-state index contributed by atoms with van der Waals surface area (Å²) in [4.78, 5) is 30.2. The molecular formula is C22H26N2O5. The van der Waals surface area contributed by atoms with Crippen LogP contribution in [0, 0.1) is 5.92 Å². The third kappa shape index (κ3) is 5.04. The minimum absolute atomic E-state index is 0.280. The fourth-order valence-electron chi connectivity index (χ4n) is 3.46. The van der Waals surface area contributed by atoms with Crippen LogP contribution in [0.4, 0.5) is 0 Å². The van der Waals surface area contributed by atoms with Crippen molar-refractivity contribution in [2.24, 2.45) is 5.92 Å². The number of hydrogen-bond donors (Lipinski definition) is 1. The number of aromatic nitrogens is 1. The minimum atomic E-state index is -0.966. The van der Waals surface area contributed by atoms with E-state index in [1.807, 2.05) is 26.0 Å². The number of benzene rings is 1. The van der Waals surface area contributed by atoms with Gasteiger partial charge < -0.3 is 19.5 Å². The SMILES string of the molecule is CCOc1cc(C(=O)N2CCC(C)CC2C(=O)O)ccc1OCc1cccnc1. The van der Waals surface area contributed by atoms with Crippen molar-refractivity contribution in [2.45, 2.75) is 39.3 Å². The molecule has 3 rings (SSSR count). The van der Waals surface area contributed by atoms with Crippen LogP contribution >= 0.6 is 0 Å². The van der Waals surface area contributed by atoms with E-state index in [2.05, 4.69) is 4.98 Å². The first kappa shape index (κ1) is 20.6. The summed E-state index contributed by atoms with van der Waals surface area (Å²) < 4.78 is 11.5. The van der Waals surface area contributed by atoms with Gasteiger partial charge in [0.05, 0.1) is 6.61 Å². The summed E-state index contributed by atoms with van der Waals surface area (Å²) in [6.07, 6.45) is 4.68. The van der Waals surface area contributed by atoms with Gasteiger partial charge in [0, 0.05) is 30.1 Å². The average Bonchev–Trinajstić information content (AvgIpc) is 2.73. The van der Waals surface area contributed by atoms with Gasteiger partial charge >= 0.3 is 5.97 Å². The van der Waals surface area contributed by atoms with E-state index in [0.29, 0.717) is 43.2 Å². The molecular weight excluding hydrogens is 372 g/mol. The van der Waals surface area contributed by atoms with Crippen LogP contribution in [-0.2, 0) is 11.4 Å². The van der Waals surface area contributed by atoms with Gasteiger partial charge in [-0.1, -0.05) is 13.0 Å². The number of carbonyl (C=O) groups is 2. The number of hydrogen-bond acceptors (Lipinski definition) is 5. The Kier molecular flexibility index (Phi) is 6.69. The van der Waals surface area contributed by atoms with Crippen LogP contribution in [0.15, 0.2) is 42.7 Å². The van der Waals surface area contributed by atoms with Gasteiger partial charge in [0.1, 0.15) is 12.6 Å². The van der Waals surface area contributed by atoms with E-state index in [0.717, 1.165) is 12.0 Å². The van der Waals surface area contributed by atoms with Crippen molar-refractivity contribution in [2.75, 3.05) is 13.2 Å². The molecule has 0 saturated carbocycles. The number of piperidine rings is 1. The van der Waals surface area contributed by atoms with Gasteiger partial charge in [0.15, 0.2) is 11.5 Å². The first-order valence-electron chi connectivity index (χ1n) is 9.82. The molecule has 1 aromatic carbocycles. The van der Waals surface area contributed by atoms with E-state index in [9.17, 15) is 14.7 Å². The Morgan fingerprint density at radius 1 is 1.24 bits per heavy atom.